The van der Waals surface area contributed by atoms with E-state index in [1.807, 2.05) is 12.1 Å². The van der Waals surface area contributed by atoms with Crippen LogP contribution < -0.4 is 5.73 Å². The molecule has 0 aromatic heterocycles. The molecule has 16 heavy (non-hydrogen) atoms. The molecule has 1 nitrogen and oxygen atoms in total. The Labute approximate surface area is 103 Å². The molecule has 2 rings (SSSR count). The molecule has 1 saturated carbocycles. The van der Waals surface area contributed by atoms with Crippen LogP contribution >= 0.6 is 11.6 Å². The standard InChI is InChI=1S/C14H20ClN/c15-13-8-5-4-6-11(13)10-12-7-2-1-3-9-14(12)16/h4-6,8,12,14H,1-3,7,9-10,16H2. The smallest absolute Gasteiger partial charge is 0.0438 e. The Bertz CT molecular complexity index is 337. The molecule has 0 amide bonds. The molecule has 1 aromatic rings. The predicted molar refractivity (Wildman–Crippen MR) is 69.7 cm³/mol. The fourth-order valence-corrected chi connectivity index (χ4v) is 2.83. The molecule has 0 bridgehead atoms. The Morgan fingerprint density at radius 2 is 1.88 bits per heavy atom. The van der Waals surface area contributed by atoms with E-state index in [0.717, 1.165) is 11.4 Å². The maximum absolute atomic E-state index is 6.23. The molecular formula is C14H20ClN. The van der Waals surface area contributed by atoms with Crippen LogP contribution in [0.2, 0.25) is 5.02 Å². The number of rotatable bonds is 2. The summed E-state index contributed by atoms with van der Waals surface area (Å²) < 4.78 is 0. The fraction of sp³-hybridized carbons (Fsp3) is 0.571. The van der Waals surface area contributed by atoms with Crippen molar-refractivity contribution < 1.29 is 0 Å². The molecule has 2 unspecified atom stereocenters. The van der Waals surface area contributed by atoms with Gasteiger partial charge in [-0.2, -0.15) is 0 Å². The summed E-state index contributed by atoms with van der Waals surface area (Å²) in [4.78, 5) is 0. The van der Waals surface area contributed by atoms with Crippen LogP contribution in [0.3, 0.4) is 0 Å². The van der Waals surface area contributed by atoms with E-state index < -0.39 is 0 Å². The second-order valence-electron chi connectivity index (χ2n) is 4.86. The normalized spacial score (nSPS) is 26.4. The van der Waals surface area contributed by atoms with Gasteiger partial charge in [0.15, 0.2) is 0 Å². The average molecular weight is 238 g/mol. The molecule has 2 heteroatoms. The summed E-state index contributed by atoms with van der Waals surface area (Å²) in [5.41, 5.74) is 7.49. The zero-order chi connectivity index (χ0) is 11.4. The van der Waals surface area contributed by atoms with Gasteiger partial charge in [-0.25, -0.2) is 0 Å². The lowest BCUT2D eigenvalue weighted by molar-refractivity contribution is 0.395. The molecule has 2 N–H and O–H groups in total. The summed E-state index contributed by atoms with van der Waals surface area (Å²) in [6.45, 7) is 0. The summed E-state index contributed by atoms with van der Waals surface area (Å²) in [5, 5.41) is 0.888. The van der Waals surface area contributed by atoms with Gasteiger partial charge in [0, 0.05) is 11.1 Å². The van der Waals surface area contributed by atoms with Crippen molar-refractivity contribution in [3.63, 3.8) is 0 Å². The molecule has 88 valence electrons. The topological polar surface area (TPSA) is 26.0 Å². The third kappa shape index (κ3) is 2.99. The third-order valence-corrected chi connectivity index (χ3v) is 4.03. The minimum atomic E-state index is 0.360. The Morgan fingerprint density at radius 1 is 1.12 bits per heavy atom. The van der Waals surface area contributed by atoms with Crippen LogP contribution in [0.5, 0.6) is 0 Å². The lowest BCUT2D eigenvalue weighted by atomic mass is 9.89. The van der Waals surface area contributed by atoms with Gasteiger partial charge >= 0.3 is 0 Å². The molecule has 0 aliphatic heterocycles. The van der Waals surface area contributed by atoms with Crippen molar-refractivity contribution in [2.45, 2.75) is 44.6 Å². The summed E-state index contributed by atoms with van der Waals surface area (Å²) >= 11 is 6.19. The first-order valence-electron chi connectivity index (χ1n) is 6.26. The van der Waals surface area contributed by atoms with Crippen LogP contribution in [0.4, 0.5) is 0 Å². The number of hydrogen-bond acceptors (Lipinski definition) is 1. The highest BCUT2D eigenvalue weighted by atomic mass is 35.5. The van der Waals surface area contributed by atoms with Gasteiger partial charge in [-0.05, 0) is 36.8 Å². The van der Waals surface area contributed by atoms with E-state index in [1.165, 1.54) is 37.7 Å². The molecule has 1 fully saturated rings. The van der Waals surface area contributed by atoms with Crippen LogP contribution in [0.1, 0.15) is 37.7 Å². The van der Waals surface area contributed by atoms with E-state index in [-0.39, 0.29) is 0 Å². The van der Waals surface area contributed by atoms with Crippen molar-refractivity contribution in [1.29, 1.82) is 0 Å². The predicted octanol–water partition coefficient (Wildman–Crippen LogP) is 3.79. The maximum atomic E-state index is 6.23. The molecule has 0 radical (unpaired) electrons. The average Bonchev–Trinajstić information content (AvgIpc) is 2.48. The van der Waals surface area contributed by atoms with Crippen molar-refractivity contribution in [1.82, 2.24) is 0 Å². The minimum absolute atomic E-state index is 0.360. The van der Waals surface area contributed by atoms with E-state index in [0.29, 0.717) is 12.0 Å². The van der Waals surface area contributed by atoms with E-state index in [9.17, 15) is 0 Å². The van der Waals surface area contributed by atoms with Gasteiger partial charge in [-0.1, -0.05) is 49.1 Å². The minimum Gasteiger partial charge on any atom is -0.327 e. The lowest BCUT2D eigenvalue weighted by Crippen LogP contribution is -2.30. The molecule has 1 aliphatic rings. The van der Waals surface area contributed by atoms with E-state index in [4.69, 9.17) is 17.3 Å². The number of benzene rings is 1. The number of halogens is 1. The zero-order valence-corrected chi connectivity index (χ0v) is 10.4. The SMILES string of the molecule is NC1CCCCCC1Cc1ccccc1Cl. The van der Waals surface area contributed by atoms with E-state index in [1.54, 1.807) is 0 Å². The lowest BCUT2D eigenvalue weighted by Gasteiger charge is -2.21. The summed E-state index contributed by atoms with van der Waals surface area (Å²) in [7, 11) is 0. The Hall–Kier alpha value is -0.530. The zero-order valence-electron chi connectivity index (χ0n) is 9.66. The molecule has 1 aliphatic carbocycles. The first kappa shape index (κ1) is 11.9. The first-order chi connectivity index (χ1) is 7.77. The molecule has 0 saturated heterocycles. The third-order valence-electron chi connectivity index (χ3n) is 3.66. The van der Waals surface area contributed by atoms with Crippen molar-refractivity contribution in [3.05, 3.63) is 34.9 Å². The summed E-state index contributed by atoms with van der Waals surface area (Å²) in [5.74, 6) is 0.613. The van der Waals surface area contributed by atoms with Crippen LogP contribution in [0.25, 0.3) is 0 Å². The number of nitrogens with two attached hydrogens (primary N) is 1. The second-order valence-corrected chi connectivity index (χ2v) is 5.26. The van der Waals surface area contributed by atoms with Gasteiger partial charge in [0.1, 0.15) is 0 Å². The number of hydrogen-bond donors (Lipinski definition) is 1. The summed E-state index contributed by atoms with van der Waals surface area (Å²) in [6.07, 6.45) is 7.43. The van der Waals surface area contributed by atoms with E-state index >= 15 is 0 Å². The monoisotopic (exact) mass is 237 g/mol. The molecule has 0 spiro atoms. The highest BCUT2D eigenvalue weighted by Gasteiger charge is 2.21. The van der Waals surface area contributed by atoms with Crippen molar-refractivity contribution >= 4 is 11.6 Å². The van der Waals surface area contributed by atoms with Gasteiger partial charge in [0.25, 0.3) is 0 Å². The first-order valence-corrected chi connectivity index (χ1v) is 6.64. The highest BCUT2D eigenvalue weighted by molar-refractivity contribution is 6.31. The fourth-order valence-electron chi connectivity index (χ4n) is 2.61. The Kier molecular flexibility index (Phi) is 4.25. The van der Waals surface area contributed by atoms with Crippen LogP contribution in [0.15, 0.2) is 24.3 Å². The summed E-state index contributed by atoms with van der Waals surface area (Å²) in [6, 6.07) is 8.50. The Morgan fingerprint density at radius 3 is 2.69 bits per heavy atom. The molecule has 1 aromatic carbocycles. The second kappa shape index (κ2) is 5.70. The van der Waals surface area contributed by atoms with Crippen LogP contribution in [-0.2, 0) is 6.42 Å². The Balaban J connectivity index is 2.05. The van der Waals surface area contributed by atoms with Crippen molar-refractivity contribution in [2.75, 3.05) is 0 Å². The quantitative estimate of drug-likeness (QED) is 0.779. The highest BCUT2D eigenvalue weighted by Crippen LogP contribution is 2.27. The van der Waals surface area contributed by atoms with Gasteiger partial charge in [-0.15, -0.1) is 0 Å². The molecular weight excluding hydrogens is 218 g/mol. The van der Waals surface area contributed by atoms with Gasteiger partial charge < -0.3 is 5.73 Å². The van der Waals surface area contributed by atoms with Crippen molar-refractivity contribution in [3.8, 4) is 0 Å². The van der Waals surface area contributed by atoms with Gasteiger partial charge in [0.2, 0.25) is 0 Å². The molecule has 0 heterocycles. The largest absolute Gasteiger partial charge is 0.327 e. The van der Waals surface area contributed by atoms with Crippen molar-refractivity contribution in [2.24, 2.45) is 11.7 Å². The van der Waals surface area contributed by atoms with E-state index in [2.05, 4.69) is 12.1 Å². The van der Waals surface area contributed by atoms with Gasteiger partial charge in [0.05, 0.1) is 0 Å². The van der Waals surface area contributed by atoms with Gasteiger partial charge in [-0.3, -0.25) is 0 Å². The molecule has 2 atom stereocenters. The maximum Gasteiger partial charge on any atom is 0.0438 e. The van der Waals surface area contributed by atoms with Crippen LogP contribution in [-0.4, -0.2) is 6.04 Å². The van der Waals surface area contributed by atoms with Crippen LogP contribution in [0, 0.1) is 5.92 Å².